The van der Waals surface area contributed by atoms with E-state index in [1.54, 1.807) is 6.07 Å². The molecule has 6 heteroatoms. The van der Waals surface area contributed by atoms with Crippen LogP contribution in [0, 0.1) is 10.1 Å². The van der Waals surface area contributed by atoms with E-state index in [1.807, 2.05) is 18.3 Å². The smallest absolute Gasteiger partial charge is 0.289 e. The van der Waals surface area contributed by atoms with Crippen LogP contribution in [0.3, 0.4) is 0 Å². The van der Waals surface area contributed by atoms with Crippen molar-refractivity contribution in [3.8, 4) is 0 Å². The second-order valence-corrected chi connectivity index (χ2v) is 3.88. The zero-order valence-electron chi connectivity index (χ0n) is 8.81. The summed E-state index contributed by atoms with van der Waals surface area (Å²) >= 11 is 5.72. The van der Waals surface area contributed by atoms with Gasteiger partial charge in [0, 0.05) is 23.6 Å². The lowest BCUT2D eigenvalue weighted by Crippen LogP contribution is -2.00. The van der Waals surface area contributed by atoms with E-state index in [1.165, 1.54) is 12.1 Å². The van der Waals surface area contributed by atoms with Gasteiger partial charge in [0.05, 0.1) is 11.5 Å². The average Bonchev–Trinajstić information content (AvgIpc) is 2.80. The number of halogens is 1. The monoisotopic (exact) mass is 251 g/mol. The van der Waals surface area contributed by atoms with Crippen LogP contribution in [0.1, 0.15) is 5.69 Å². The summed E-state index contributed by atoms with van der Waals surface area (Å²) in [7, 11) is 0. The number of hydrogen-bond acceptors (Lipinski definition) is 3. The van der Waals surface area contributed by atoms with Crippen LogP contribution in [-0.4, -0.2) is 9.91 Å². The first kappa shape index (κ1) is 11.5. The predicted octanol–water partition coefficient (Wildman–Crippen LogP) is 3.19. The van der Waals surface area contributed by atoms with Crippen LogP contribution in [-0.2, 0) is 6.54 Å². The van der Waals surface area contributed by atoms with Crippen LogP contribution < -0.4 is 5.32 Å². The van der Waals surface area contributed by atoms with Gasteiger partial charge in [-0.05, 0) is 24.3 Å². The van der Waals surface area contributed by atoms with Crippen molar-refractivity contribution in [2.45, 2.75) is 6.54 Å². The highest BCUT2D eigenvalue weighted by Crippen LogP contribution is 2.27. The first-order chi connectivity index (χ1) is 8.16. The Balaban J connectivity index is 2.11. The number of H-pyrrole nitrogens is 1. The van der Waals surface area contributed by atoms with E-state index in [9.17, 15) is 10.1 Å². The normalized spacial score (nSPS) is 10.2. The molecule has 1 aromatic carbocycles. The van der Waals surface area contributed by atoms with Crippen LogP contribution in [0.25, 0.3) is 0 Å². The Morgan fingerprint density at radius 2 is 2.24 bits per heavy atom. The van der Waals surface area contributed by atoms with E-state index in [-0.39, 0.29) is 10.7 Å². The molecule has 2 aromatic rings. The fraction of sp³-hybridized carbons (Fsp3) is 0.0909. The maximum atomic E-state index is 10.7. The molecule has 17 heavy (non-hydrogen) atoms. The van der Waals surface area contributed by atoms with E-state index in [0.717, 1.165) is 5.69 Å². The molecular weight excluding hydrogens is 242 g/mol. The van der Waals surface area contributed by atoms with Gasteiger partial charge in [-0.3, -0.25) is 10.1 Å². The number of rotatable bonds is 4. The summed E-state index contributed by atoms with van der Waals surface area (Å²) in [5.74, 6) is 0. The van der Waals surface area contributed by atoms with Crippen molar-refractivity contribution >= 4 is 23.0 Å². The van der Waals surface area contributed by atoms with Gasteiger partial charge in [-0.15, -0.1) is 0 Å². The standard InChI is InChI=1S/C11H10ClN3O2/c12-10-4-3-8(6-11(10)15(16)17)14-7-9-2-1-5-13-9/h1-6,13-14H,7H2. The molecule has 0 saturated carbocycles. The molecule has 0 amide bonds. The summed E-state index contributed by atoms with van der Waals surface area (Å²) in [5, 5.41) is 13.9. The van der Waals surface area contributed by atoms with Gasteiger partial charge < -0.3 is 10.3 Å². The fourth-order valence-corrected chi connectivity index (χ4v) is 1.62. The van der Waals surface area contributed by atoms with E-state index in [2.05, 4.69) is 10.3 Å². The highest BCUT2D eigenvalue weighted by atomic mass is 35.5. The van der Waals surface area contributed by atoms with Crippen LogP contribution in [0.4, 0.5) is 11.4 Å². The first-order valence-corrected chi connectivity index (χ1v) is 5.34. The molecule has 1 heterocycles. The average molecular weight is 252 g/mol. The second kappa shape index (κ2) is 4.88. The van der Waals surface area contributed by atoms with E-state index in [0.29, 0.717) is 12.2 Å². The first-order valence-electron chi connectivity index (χ1n) is 4.97. The number of aromatic amines is 1. The highest BCUT2D eigenvalue weighted by molar-refractivity contribution is 6.32. The van der Waals surface area contributed by atoms with Crippen LogP contribution >= 0.6 is 11.6 Å². The number of hydrogen-bond donors (Lipinski definition) is 2. The topological polar surface area (TPSA) is 71.0 Å². The van der Waals surface area contributed by atoms with Crippen molar-refractivity contribution < 1.29 is 4.92 Å². The summed E-state index contributed by atoms with van der Waals surface area (Å²) in [5.41, 5.74) is 1.57. The number of nitro groups is 1. The van der Waals surface area contributed by atoms with Gasteiger partial charge in [0.1, 0.15) is 5.02 Å². The molecule has 88 valence electrons. The fourth-order valence-electron chi connectivity index (χ4n) is 1.44. The Kier molecular flexibility index (Phi) is 3.30. The Hall–Kier alpha value is -2.01. The number of nitrogens with one attached hydrogen (secondary N) is 2. The molecule has 2 N–H and O–H groups in total. The lowest BCUT2D eigenvalue weighted by molar-refractivity contribution is -0.384. The predicted molar refractivity (Wildman–Crippen MR) is 66.2 cm³/mol. The van der Waals surface area contributed by atoms with Crippen molar-refractivity contribution in [2.75, 3.05) is 5.32 Å². The minimum absolute atomic E-state index is 0.0943. The molecule has 0 aliphatic carbocycles. The molecule has 0 radical (unpaired) electrons. The summed E-state index contributed by atoms with van der Waals surface area (Å²) in [6.07, 6.45) is 1.82. The van der Waals surface area contributed by atoms with E-state index in [4.69, 9.17) is 11.6 Å². The summed E-state index contributed by atoms with van der Waals surface area (Å²) in [6, 6.07) is 8.46. The molecule has 1 aromatic heterocycles. The number of benzene rings is 1. The molecule has 0 aliphatic rings. The lowest BCUT2D eigenvalue weighted by Gasteiger charge is -2.05. The van der Waals surface area contributed by atoms with Crippen LogP contribution in [0.15, 0.2) is 36.5 Å². The quantitative estimate of drug-likeness (QED) is 0.648. The molecule has 0 atom stereocenters. The van der Waals surface area contributed by atoms with Crippen molar-refractivity contribution in [2.24, 2.45) is 0 Å². The summed E-state index contributed by atoms with van der Waals surface area (Å²) in [6.45, 7) is 0.575. The second-order valence-electron chi connectivity index (χ2n) is 3.47. The Morgan fingerprint density at radius 3 is 2.88 bits per heavy atom. The van der Waals surface area contributed by atoms with Crippen LogP contribution in [0.2, 0.25) is 5.02 Å². The minimum atomic E-state index is -0.498. The van der Waals surface area contributed by atoms with E-state index >= 15 is 0 Å². The molecule has 0 fully saturated rings. The third-order valence-electron chi connectivity index (χ3n) is 2.29. The maximum Gasteiger partial charge on any atom is 0.289 e. The van der Waals surface area contributed by atoms with Gasteiger partial charge in [-0.1, -0.05) is 11.6 Å². The molecule has 0 unspecified atom stereocenters. The highest BCUT2D eigenvalue weighted by Gasteiger charge is 2.12. The van der Waals surface area contributed by atoms with Crippen molar-refractivity contribution in [1.82, 2.24) is 4.98 Å². The van der Waals surface area contributed by atoms with Crippen molar-refractivity contribution in [3.63, 3.8) is 0 Å². The number of nitro benzene ring substituents is 1. The number of anilines is 1. The molecule has 0 bridgehead atoms. The minimum Gasteiger partial charge on any atom is -0.379 e. The zero-order valence-corrected chi connectivity index (χ0v) is 9.57. The number of nitrogens with zero attached hydrogens (tertiary/aromatic N) is 1. The third-order valence-corrected chi connectivity index (χ3v) is 2.61. The molecule has 5 nitrogen and oxygen atoms in total. The Morgan fingerprint density at radius 1 is 1.41 bits per heavy atom. The molecule has 0 spiro atoms. The maximum absolute atomic E-state index is 10.7. The Bertz CT molecular complexity index is 526. The zero-order chi connectivity index (χ0) is 12.3. The molecule has 0 saturated heterocycles. The van der Waals surface area contributed by atoms with Gasteiger partial charge in [-0.2, -0.15) is 0 Å². The number of aromatic nitrogens is 1. The largest absolute Gasteiger partial charge is 0.379 e. The summed E-state index contributed by atoms with van der Waals surface area (Å²) in [4.78, 5) is 13.2. The van der Waals surface area contributed by atoms with Crippen LogP contribution in [0.5, 0.6) is 0 Å². The third kappa shape index (κ3) is 2.76. The molecule has 0 aliphatic heterocycles. The van der Waals surface area contributed by atoms with E-state index < -0.39 is 4.92 Å². The van der Waals surface area contributed by atoms with Gasteiger partial charge in [0.15, 0.2) is 0 Å². The summed E-state index contributed by atoms with van der Waals surface area (Å²) < 4.78 is 0. The SMILES string of the molecule is O=[N+]([O-])c1cc(NCc2ccc[nH]2)ccc1Cl. The van der Waals surface area contributed by atoms with Gasteiger partial charge in [-0.25, -0.2) is 0 Å². The molecule has 2 rings (SSSR count). The van der Waals surface area contributed by atoms with Gasteiger partial charge in [0.2, 0.25) is 0 Å². The van der Waals surface area contributed by atoms with Gasteiger partial charge in [0.25, 0.3) is 5.69 Å². The van der Waals surface area contributed by atoms with Crippen molar-refractivity contribution in [1.29, 1.82) is 0 Å². The Labute approximate surface area is 103 Å². The van der Waals surface area contributed by atoms with Crippen molar-refractivity contribution in [3.05, 3.63) is 57.4 Å². The lowest BCUT2D eigenvalue weighted by atomic mass is 10.2. The molecular formula is C11H10ClN3O2. The van der Waals surface area contributed by atoms with Gasteiger partial charge >= 0.3 is 0 Å².